The fourth-order valence-corrected chi connectivity index (χ4v) is 2.60. The van der Waals surface area contributed by atoms with Gasteiger partial charge in [-0.05, 0) is 44.5 Å². The smallest absolute Gasteiger partial charge is 0.233 e. The Balaban J connectivity index is 2.24. The molecular formula is C12H21N3O2S. The second kappa shape index (κ2) is 8.05. The third kappa shape index (κ3) is 6.56. The average molecular weight is 271 g/mol. The van der Waals surface area contributed by atoms with Crippen molar-refractivity contribution in [2.75, 3.05) is 23.6 Å². The zero-order valence-electron chi connectivity index (χ0n) is 10.7. The highest BCUT2D eigenvalue weighted by Gasteiger charge is 2.09. The zero-order chi connectivity index (χ0) is 13.3. The number of rotatable bonds is 9. The van der Waals surface area contributed by atoms with Crippen LogP contribution in [0.15, 0.2) is 24.4 Å². The molecule has 0 bridgehead atoms. The molecule has 5 nitrogen and oxygen atoms in total. The number of nitrogens with zero attached hydrogens (tertiary/aromatic N) is 1. The lowest BCUT2D eigenvalue weighted by molar-refractivity contribution is 0.590. The molecule has 1 aromatic heterocycles. The summed E-state index contributed by atoms with van der Waals surface area (Å²) in [5.41, 5.74) is 0. The fraction of sp³-hybridized carbons (Fsp3) is 0.583. The Morgan fingerprint density at radius 2 is 2.06 bits per heavy atom. The first kappa shape index (κ1) is 14.9. The Bertz CT molecular complexity index is 420. The minimum absolute atomic E-state index is 0.136. The quantitative estimate of drug-likeness (QED) is 0.669. The molecule has 0 amide bonds. The molecule has 0 fully saturated rings. The van der Waals surface area contributed by atoms with Gasteiger partial charge in [0.15, 0.2) is 0 Å². The van der Waals surface area contributed by atoms with Crippen molar-refractivity contribution in [3.05, 3.63) is 24.4 Å². The van der Waals surface area contributed by atoms with Crippen molar-refractivity contribution in [2.24, 2.45) is 0 Å². The summed E-state index contributed by atoms with van der Waals surface area (Å²) < 4.78 is 25.9. The van der Waals surface area contributed by atoms with Gasteiger partial charge in [0.05, 0.1) is 5.75 Å². The number of pyridine rings is 1. The molecule has 0 aliphatic rings. The van der Waals surface area contributed by atoms with Crippen LogP contribution < -0.4 is 10.0 Å². The molecule has 6 heteroatoms. The van der Waals surface area contributed by atoms with Crippen LogP contribution in [0.25, 0.3) is 0 Å². The van der Waals surface area contributed by atoms with E-state index in [1.54, 1.807) is 24.4 Å². The van der Waals surface area contributed by atoms with Gasteiger partial charge in [-0.25, -0.2) is 13.4 Å². The van der Waals surface area contributed by atoms with E-state index in [9.17, 15) is 8.42 Å². The summed E-state index contributed by atoms with van der Waals surface area (Å²) in [5.74, 6) is 0.513. The van der Waals surface area contributed by atoms with Crippen molar-refractivity contribution in [3.8, 4) is 0 Å². The van der Waals surface area contributed by atoms with Gasteiger partial charge in [0.2, 0.25) is 10.0 Å². The van der Waals surface area contributed by atoms with Gasteiger partial charge in [-0.3, -0.25) is 4.72 Å². The molecule has 0 aromatic carbocycles. The predicted octanol–water partition coefficient (Wildman–Crippen LogP) is 1.60. The van der Waals surface area contributed by atoms with Gasteiger partial charge in [0.25, 0.3) is 0 Å². The monoisotopic (exact) mass is 271 g/mol. The van der Waals surface area contributed by atoms with E-state index < -0.39 is 10.0 Å². The molecule has 0 aliphatic heterocycles. The number of hydrogen-bond acceptors (Lipinski definition) is 4. The number of aromatic nitrogens is 1. The molecule has 0 saturated heterocycles. The van der Waals surface area contributed by atoms with E-state index in [1.807, 2.05) is 0 Å². The van der Waals surface area contributed by atoms with E-state index in [2.05, 4.69) is 21.9 Å². The maximum absolute atomic E-state index is 11.7. The molecule has 102 valence electrons. The van der Waals surface area contributed by atoms with Gasteiger partial charge >= 0.3 is 0 Å². The van der Waals surface area contributed by atoms with Gasteiger partial charge < -0.3 is 5.32 Å². The first-order chi connectivity index (χ1) is 8.64. The van der Waals surface area contributed by atoms with Crippen molar-refractivity contribution in [1.82, 2.24) is 10.3 Å². The molecule has 0 atom stereocenters. The minimum atomic E-state index is -3.27. The summed E-state index contributed by atoms with van der Waals surface area (Å²) in [6.07, 6.45) is 4.17. The summed E-state index contributed by atoms with van der Waals surface area (Å²) in [6, 6.07) is 5.14. The van der Waals surface area contributed by atoms with Crippen LogP contribution in [0.3, 0.4) is 0 Å². The van der Waals surface area contributed by atoms with Gasteiger partial charge in [-0.15, -0.1) is 0 Å². The van der Waals surface area contributed by atoms with Gasteiger partial charge in [0, 0.05) is 6.20 Å². The van der Waals surface area contributed by atoms with Crippen LogP contribution in [0, 0.1) is 0 Å². The second-order valence-corrected chi connectivity index (χ2v) is 5.93. The van der Waals surface area contributed by atoms with Crippen LogP contribution in [0.1, 0.15) is 26.2 Å². The Hall–Kier alpha value is -1.14. The van der Waals surface area contributed by atoms with Crippen LogP contribution in [0.5, 0.6) is 0 Å². The fourth-order valence-electron chi connectivity index (χ4n) is 1.48. The molecular weight excluding hydrogens is 250 g/mol. The summed E-state index contributed by atoms with van der Waals surface area (Å²) in [7, 11) is -3.27. The van der Waals surface area contributed by atoms with E-state index in [0.29, 0.717) is 12.2 Å². The topological polar surface area (TPSA) is 71.1 Å². The Kier molecular flexibility index (Phi) is 6.67. The number of hydrogen-bond donors (Lipinski definition) is 2. The normalized spacial score (nSPS) is 11.4. The first-order valence-electron chi connectivity index (χ1n) is 6.26. The molecule has 1 aromatic rings. The highest BCUT2D eigenvalue weighted by Crippen LogP contribution is 2.05. The third-order valence-corrected chi connectivity index (χ3v) is 3.71. The van der Waals surface area contributed by atoms with Crippen LogP contribution in [0.4, 0.5) is 5.82 Å². The van der Waals surface area contributed by atoms with Crippen molar-refractivity contribution in [2.45, 2.75) is 26.2 Å². The van der Waals surface area contributed by atoms with Crippen molar-refractivity contribution >= 4 is 15.8 Å². The van der Waals surface area contributed by atoms with Crippen LogP contribution in [-0.2, 0) is 10.0 Å². The molecule has 0 radical (unpaired) electrons. The van der Waals surface area contributed by atoms with Crippen LogP contribution in [-0.4, -0.2) is 32.2 Å². The largest absolute Gasteiger partial charge is 0.317 e. The molecule has 0 saturated carbocycles. The maximum atomic E-state index is 11.7. The molecule has 0 aliphatic carbocycles. The number of sulfonamides is 1. The highest BCUT2D eigenvalue weighted by atomic mass is 32.2. The lowest BCUT2D eigenvalue weighted by atomic mass is 10.3. The van der Waals surface area contributed by atoms with E-state index in [1.165, 1.54) is 0 Å². The number of nitrogens with one attached hydrogen (secondary N) is 2. The predicted molar refractivity (Wildman–Crippen MR) is 74.0 cm³/mol. The summed E-state index contributed by atoms with van der Waals surface area (Å²) in [4.78, 5) is 3.93. The Morgan fingerprint density at radius 3 is 2.72 bits per heavy atom. The standard InChI is InChI=1S/C12H21N3O2S/c1-2-8-13-9-5-6-11-18(16,17)15-12-7-3-4-10-14-12/h3-4,7,10,13H,2,5-6,8-9,11H2,1H3,(H,14,15). The summed E-state index contributed by atoms with van der Waals surface area (Å²) in [5, 5.41) is 3.24. The molecule has 2 N–H and O–H groups in total. The van der Waals surface area contributed by atoms with Crippen molar-refractivity contribution < 1.29 is 8.42 Å². The molecule has 0 spiro atoms. The molecule has 1 heterocycles. The van der Waals surface area contributed by atoms with Gasteiger partial charge in [-0.1, -0.05) is 13.0 Å². The lowest BCUT2D eigenvalue weighted by Gasteiger charge is -2.07. The lowest BCUT2D eigenvalue weighted by Crippen LogP contribution is -2.20. The molecule has 0 unspecified atom stereocenters. The van der Waals surface area contributed by atoms with Gasteiger partial charge in [0.1, 0.15) is 5.82 Å². The summed E-state index contributed by atoms with van der Waals surface area (Å²) >= 11 is 0. The molecule has 1 rings (SSSR count). The van der Waals surface area contributed by atoms with Crippen molar-refractivity contribution in [3.63, 3.8) is 0 Å². The Labute approximate surface area is 109 Å². The zero-order valence-corrected chi connectivity index (χ0v) is 11.5. The summed E-state index contributed by atoms with van der Waals surface area (Å²) in [6.45, 7) is 3.96. The SMILES string of the molecule is CCCNCCCCS(=O)(=O)Nc1ccccn1. The first-order valence-corrected chi connectivity index (χ1v) is 7.91. The minimum Gasteiger partial charge on any atom is -0.317 e. The molecule has 18 heavy (non-hydrogen) atoms. The second-order valence-electron chi connectivity index (χ2n) is 4.09. The van der Waals surface area contributed by atoms with Crippen LogP contribution in [0.2, 0.25) is 0 Å². The van der Waals surface area contributed by atoms with Gasteiger partial charge in [-0.2, -0.15) is 0 Å². The highest BCUT2D eigenvalue weighted by molar-refractivity contribution is 7.92. The van der Waals surface area contributed by atoms with E-state index in [0.717, 1.165) is 25.9 Å². The third-order valence-electron chi connectivity index (χ3n) is 2.37. The van der Waals surface area contributed by atoms with E-state index in [-0.39, 0.29) is 5.75 Å². The Morgan fingerprint density at radius 1 is 1.22 bits per heavy atom. The number of unbranched alkanes of at least 4 members (excludes halogenated alkanes) is 1. The van der Waals surface area contributed by atoms with Crippen LogP contribution >= 0.6 is 0 Å². The van der Waals surface area contributed by atoms with E-state index >= 15 is 0 Å². The maximum Gasteiger partial charge on any atom is 0.233 e. The average Bonchev–Trinajstić information content (AvgIpc) is 2.34. The number of anilines is 1. The van der Waals surface area contributed by atoms with Crippen molar-refractivity contribution in [1.29, 1.82) is 0 Å². The van der Waals surface area contributed by atoms with E-state index in [4.69, 9.17) is 0 Å².